The highest BCUT2D eigenvalue weighted by atomic mass is 16.2. The van der Waals surface area contributed by atoms with Crippen LogP contribution in [0.3, 0.4) is 0 Å². The third-order valence-electron chi connectivity index (χ3n) is 5.46. The minimum absolute atomic E-state index is 0.0696. The summed E-state index contributed by atoms with van der Waals surface area (Å²) in [5.74, 6) is 0.994. The normalized spacial score (nSPS) is 21.5. The summed E-state index contributed by atoms with van der Waals surface area (Å²) in [7, 11) is 0. The van der Waals surface area contributed by atoms with E-state index < -0.39 is 0 Å². The Morgan fingerprint density at radius 1 is 1.08 bits per heavy atom. The first kappa shape index (κ1) is 16.4. The lowest BCUT2D eigenvalue weighted by Gasteiger charge is -2.32. The highest BCUT2D eigenvalue weighted by molar-refractivity contribution is 5.97. The van der Waals surface area contributed by atoms with Crippen molar-refractivity contribution in [2.24, 2.45) is 5.92 Å². The molecule has 2 N–H and O–H groups in total. The monoisotopic (exact) mass is 342 g/mol. The van der Waals surface area contributed by atoms with Gasteiger partial charge in [-0.15, -0.1) is 0 Å². The van der Waals surface area contributed by atoms with Crippen LogP contribution in [0.15, 0.2) is 24.3 Å². The molecule has 6 nitrogen and oxygen atoms in total. The molecule has 134 valence electrons. The van der Waals surface area contributed by atoms with Crippen molar-refractivity contribution >= 4 is 17.6 Å². The van der Waals surface area contributed by atoms with Crippen LogP contribution >= 0.6 is 0 Å². The zero-order valence-corrected chi connectivity index (χ0v) is 14.5. The second-order valence-corrected chi connectivity index (χ2v) is 7.35. The van der Waals surface area contributed by atoms with Crippen LogP contribution < -0.4 is 15.5 Å². The van der Waals surface area contributed by atoms with E-state index in [-0.39, 0.29) is 11.9 Å². The van der Waals surface area contributed by atoms with Gasteiger partial charge in [0.05, 0.1) is 0 Å². The van der Waals surface area contributed by atoms with E-state index >= 15 is 0 Å². The fourth-order valence-electron chi connectivity index (χ4n) is 3.63. The number of carbonyl (C=O) groups excluding carboxylic acids is 2. The van der Waals surface area contributed by atoms with Crippen LogP contribution in [0.4, 0.5) is 10.5 Å². The van der Waals surface area contributed by atoms with Gasteiger partial charge in [0.2, 0.25) is 0 Å². The van der Waals surface area contributed by atoms with E-state index in [4.69, 9.17) is 0 Å². The molecule has 3 fully saturated rings. The fourth-order valence-corrected chi connectivity index (χ4v) is 3.63. The molecule has 0 aromatic heterocycles. The summed E-state index contributed by atoms with van der Waals surface area (Å²) >= 11 is 0. The first-order chi connectivity index (χ1) is 12.2. The second-order valence-electron chi connectivity index (χ2n) is 7.35. The summed E-state index contributed by atoms with van der Waals surface area (Å²) in [6.45, 7) is 4.12. The van der Waals surface area contributed by atoms with Gasteiger partial charge in [0.1, 0.15) is 0 Å². The van der Waals surface area contributed by atoms with Gasteiger partial charge in [-0.3, -0.25) is 9.69 Å². The summed E-state index contributed by atoms with van der Waals surface area (Å²) in [5, 5.41) is 6.43. The van der Waals surface area contributed by atoms with Crippen LogP contribution in [0.5, 0.6) is 0 Å². The van der Waals surface area contributed by atoms with Crippen molar-refractivity contribution in [2.45, 2.75) is 31.7 Å². The van der Waals surface area contributed by atoms with Crippen molar-refractivity contribution in [1.29, 1.82) is 0 Å². The van der Waals surface area contributed by atoms with E-state index in [2.05, 4.69) is 10.6 Å². The van der Waals surface area contributed by atoms with Crippen LogP contribution in [-0.2, 0) is 0 Å². The average Bonchev–Trinajstić information content (AvgIpc) is 3.39. The molecule has 2 aliphatic heterocycles. The molecule has 2 heterocycles. The number of likely N-dealkylation sites (tertiary alicyclic amines) is 1. The molecule has 0 spiro atoms. The molecule has 4 rings (SSSR count). The summed E-state index contributed by atoms with van der Waals surface area (Å²) in [6.07, 6.45) is 4.81. The Kier molecular flexibility index (Phi) is 4.61. The van der Waals surface area contributed by atoms with Gasteiger partial charge in [0, 0.05) is 43.5 Å². The number of urea groups is 1. The number of nitrogens with zero attached hydrogens (tertiary/aromatic N) is 2. The lowest BCUT2D eigenvalue weighted by atomic mass is 10.0. The molecule has 0 unspecified atom stereocenters. The Morgan fingerprint density at radius 2 is 1.80 bits per heavy atom. The van der Waals surface area contributed by atoms with Crippen molar-refractivity contribution in [2.75, 3.05) is 37.6 Å². The summed E-state index contributed by atoms with van der Waals surface area (Å²) in [6, 6.07) is 7.88. The van der Waals surface area contributed by atoms with Crippen LogP contribution in [0.2, 0.25) is 0 Å². The minimum Gasteiger partial charge on any atom is -0.339 e. The van der Waals surface area contributed by atoms with Gasteiger partial charge >= 0.3 is 6.03 Å². The van der Waals surface area contributed by atoms with Crippen molar-refractivity contribution in [1.82, 2.24) is 15.5 Å². The number of hydrogen-bond acceptors (Lipinski definition) is 3. The average molecular weight is 342 g/mol. The fraction of sp³-hybridized carbons (Fsp3) is 0.579. The predicted molar refractivity (Wildman–Crippen MR) is 96.8 cm³/mol. The van der Waals surface area contributed by atoms with Gasteiger partial charge < -0.3 is 15.5 Å². The number of piperidine rings is 1. The molecule has 3 amide bonds. The molecule has 2 saturated heterocycles. The Hall–Kier alpha value is -2.08. The molecule has 6 heteroatoms. The van der Waals surface area contributed by atoms with Crippen molar-refractivity contribution in [3.8, 4) is 0 Å². The van der Waals surface area contributed by atoms with E-state index in [1.54, 1.807) is 4.90 Å². The molecule has 1 aliphatic carbocycles. The number of amides is 3. The van der Waals surface area contributed by atoms with Gasteiger partial charge in [0.15, 0.2) is 0 Å². The lowest BCUT2D eigenvalue weighted by Crippen LogP contribution is -2.45. The second kappa shape index (κ2) is 7.04. The number of rotatable bonds is 5. The standard InChI is InChI=1S/C19H26N4O2/c24-18(22-10-7-16(8-11-22)21-13-14-1-2-14)15-3-5-17(6-4-15)23-12-9-20-19(23)25/h3-6,14,16,21H,1-2,7-13H2,(H,20,25). The molecule has 1 aromatic rings. The molecular formula is C19H26N4O2. The smallest absolute Gasteiger partial charge is 0.321 e. The zero-order valence-electron chi connectivity index (χ0n) is 14.5. The van der Waals surface area contributed by atoms with Gasteiger partial charge in [-0.2, -0.15) is 0 Å². The van der Waals surface area contributed by atoms with E-state index in [1.165, 1.54) is 12.8 Å². The number of nitrogens with one attached hydrogen (secondary N) is 2. The van der Waals surface area contributed by atoms with Crippen molar-refractivity contribution in [3.05, 3.63) is 29.8 Å². The zero-order chi connectivity index (χ0) is 17.2. The first-order valence-corrected chi connectivity index (χ1v) is 9.39. The molecule has 0 bridgehead atoms. The van der Waals surface area contributed by atoms with Gasteiger partial charge in [-0.1, -0.05) is 0 Å². The third kappa shape index (κ3) is 3.79. The highest BCUT2D eigenvalue weighted by Crippen LogP contribution is 2.28. The molecule has 1 saturated carbocycles. The summed E-state index contributed by atoms with van der Waals surface area (Å²) < 4.78 is 0. The number of hydrogen-bond donors (Lipinski definition) is 2. The Bertz CT molecular complexity index is 633. The van der Waals surface area contributed by atoms with E-state index in [9.17, 15) is 9.59 Å². The molecule has 3 aliphatic rings. The predicted octanol–water partition coefficient (Wildman–Crippen LogP) is 1.82. The first-order valence-electron chi connectivity index (χ1n) is 9.39. The number of carbonyl (C=O) groups is 2. The molecule has 0 radical (unpaired) electrons. The SMILES string of the molecule is O=C(c1ccc(N2CCNC2=O)cc1)N1CCC(NCC2CC2)CC1. The van der Waals surface area contributed by atoms with E-state index in [0.29, 0.717) is 24.7 Å². The summed E-state index contributed by atoms with van der Waals surface area (Å²) in [5.41, 5.74) is 1.54. The van der Waals surface area contributed by atoms with Crippen LogP contribution in [0, 0.1) is 5.92 Å². The molecule has 25 heavy (non-hydrogen) atoms. The number of benzene rings is 1. The Labute approximate surface area is 148 Å². The molecule has 1 aromatic carbocycles. The van der Waals surface area contributed by atoms with E-state index in [1.807, 2.05) is 29.2 Å². The highest BCUT2D eigenvalue weighted by Gasteiger charge is 2.27. The molecular weight excluding hydrogens is 316 g/mol. The summed E-state index contributed by atoms with van der Waals surface area (Å²) in [4.78, 5) is 28.0. The van der Waals surface area contributed by atoms with Crippen LogP contribution in [-0.4, -0.2) is 55.6 Å². The van der Waals surface area contributed by atoms with Gasteiger partial charge in [0.25, 0.3) is 5.91 Å². The maximum atomic E-state index is 12.7. The van der Waals surface area contributed by atoms with Crippen molar-refractivity contribution in [3.63, 3.8) is 0 Å². The van der Waals surface area contributed by atoms with Gasteiger partial charge in [-0.05, 0) is 62.4 Å². The van der Waals surface area contributed by atoms with Crippen LogP contribution in [0.1, 0.15) is 36.0 Å². The third-order valence-corrected chi connectivity index (χ3v) is 5.46. The Morgan fingerprint density at radius 3 is 2.40 bits per heavy atom. The maximum Gasteiger partial charge on any atom is 0.321 e. The lowest BCUT2D eigenvalue weighted by molar-refractivity contribution is 0.0705. The largest absolute Gasteiger partial charge is 0.339 e. The number of anilines is 1. The van der Waals surface area contributed by atoms with Crippen molar-refractivity contribution < 1.29 is 9.59 Å². The quantitative estimate of drug-likeness (QED) is 0.858. The Balaban J connectivity index is 1.31. The van der Waals surface area contributed by atoms with Gasteiger partial charge in [-0.25, -0.2) is 4.79 Å². The topological polar surface area (TPSA) is 64.7 Å². The van der Waals surface area contributed by atoms with Crippen LogP contribution in [0.25, 0.3) is 0 Å². The molecule has 0 atom stereocenters. The van der Waals surface area contributed by atoms with E-state index in [0.717, 1.165) is 44.1 Å². The minimum atomic E-state index is -0.0696. The maximum absolute atomic E-state index is 12.7.